The first-order chi connectivity index (χ1) is 13.5. The molecule has 0 radical (unpaired) electrons. The lowest BCUT2D eigenvalue weighted by molar-refractivity contribution is -0.154. The second-order valence-corrected chi connectivity index (χ2v) is 7.46. The molecular weight excluding hydrogens is 381 g/mol. The maximum absolute atomic E-state index is 13.2. The summed E-state index contributed by atoms with van der Waals surface area (Å²) in [7, 11) is 0. The van der Waals surface area contributed by atoms with Gasteiger partial charge in [-0.3, -0.25) is 9.69 Å². The van der Waals surface area contributed by atoms with Crippen molar-refractivity contribution < 1.29 is 18.7 Å². The van der Waals surface area contributed by atoms with E-state index in [-0.39, 0.29) is 30.1 Å². The van der Waals surface area contributed by atoms with Crippen LogP contribution in [0.2, 0.25) is 0 Å². The van der Waals surface area contributed by atoms with Crippen molar-refractivity contribution in [2.45, 2.75) is 24.9 Å². The Balaban J connectivity index is 1.73. The van der Waals surface area contributed by atoms with Crippen molar-refractivity contribution in [3.8, 4) is 10.6 Å². The van der Waals surface area contributed by atoms with Crippen LogP contribution in [-0.4, -0.2) is 40.5 Å². The number of halogens is 1. The second kappa shape index (κ2) is 7.29. The molecule has 2 aliphatic heterocycles. The van der Waals surface area contributed by atoms with Crippen LogP contribution >= 0.6 is 11.3 Å². The van der Waals surface area contributed by atoms with Crippen molar-refractivity contribution in [3.63, 3.8) is 0 Å². The van der Waals surface area contributed by atoms with Crippen LogP contribution in [-0.2, 0) is 14.3 Å². The lowest BCUT2D eigenvalue weighted by atomic mass is 9.83. The van der Waals surface area contributed by atoms with E-state index in [9.17, 15) is 14.0 Å². The van der Waals surface area contributed by atoms with Crippen LogP contribution in [0.15, 0.2) is 48.0 Å². The number of ether oxygens (including phenoxy) is 1. The number of esters is 1. The van der Waals surface area contributed by atoms with E-state index in [1.807, 2.05) is 5.38 Å². The summed E-state index contributed by atoms with van der Waals surface area (Å²) in [6.07, 6.45) is 2.69. The lowest BCUT2D eigenvalue weighted by Crippen LogP contribution is -2.69. The van der Waals surface area contributed by atoms with Gasteiger partial charge in [-0.05, 0) is 37.1 Å². The molecule has 0 aliphatic carbocycles. The number of allylic oxidation sites excluding steroid dienone is 1. The number of nitrogens with zero attached hydrogens (tertiary/aromatic N) is 2. The standard InChI is InChI=1S/C20H18FN3O3S/c1-2-9-27-20(26)17-13(7-8-15-16(22)19(25)24(15)17)14-10-28-18(23-14)11-3-5-12(21)6-4-11/h2-6,10,15-16H,1,7-9,22H2/t15-,16+/m1/s1. The molecule has 8 heteroatoms. The van der Waals surface area contributed by atoms with E-state index < -0.39 is 12.0 Å². The lowest BCUT2D eigenvalue weighted by Gasteiger charge is -2.48. The highest BCUT2D eigenvalue weighted by Gasteiger charge is 2.51. The molecular formula is C20H18FN3O3S. The molecule has 0 spiro atoms. The van der Waals surface area contributed by atoms with E-state index >= 15 is 0 Å². The van der Waals surface area contributed by atoms with Gasteiger partial charge in [0.25, 0.3) is 0 Å². The van der Waals surface area contributed by atoms with E-state index in [0.29, 0.717) is 29.1 Å². The highest BCUT2D eigenvalue weighted by molar-refractivity contribution is 7.13. The number of hydrogen-bond acceptors (Lipinski definition) is 6. The summed E-state index contributed by atoms with van der Waals surface area (Å²) in [6.45, 7) is 3.59. The summed E-state index contributed by atoms with van der Waals surface area (Å²) in [5, 5.41) is 2.54. The van der Waals surface area contributed by atoms with E-state index in [2.05, 4.69) is 11.6 Å². The monoisotopic (exact) mass is 399 g/mol. The van der Waals surface area contributed by atoms with Gasteiger partial charge in [0.2, 0.25) is 5.91 Å². The Morgan fingerprint density at radius 3 is 2.89 bits per heavy atom. The van der Waals surface area contributed by atoms with Crippen LogP contribution in [0.25, 0.3) is 16.1 Å². The van der Waals surface area contributed by atoms with Gasteiger partial charge in [-0.1, -0.05) is 12.7 Å². The van der Waals surface area contributed by atoms with Crippen molar-refractivity contribution >= 4 is 28.8 Å². The number of β-lactam (4-membered cyclic amide) rings is 1. The molecule has 6 nitrogen and oxygen atoms in total. The van der Waals surface area contributed by atoms with Crippen LogP contribution in [0.5, 0.6) is 0 Å². The van der Waals surface area contributed by atoms with Gasteiger partial charge < -0.3 is 10.5 Å². The molecule has 1 fully saturated rings. The van der Waals surface area contributed by atoms with Crippen LogP contribution < -0.4 is 5.73 Å². The molecule has 1 saturated heterocycles. The molecule has 1 aromatic carbocycles. The van der Waals surface area contributed by atoms with Gasteiger partial charge in [0, 0.05) is 16.5 Å². The second-order valence-electron chi connectivity index (χ2n) is 6.60. The number of carbonyl (C=O) groups excluding carboxylic acids is 2. The molecule has 2 aromatic rings. The molecule has 3 heterocycles. The van der Waals surface area contributed by atoms with Gasteiger partial charge >= 0.3 is 5.97 Å². The Labute approximate surface area is 165 Å². The quantitative estimate of drug-likeness (QED) is 0.475. The van der Waals surface area contributed by atoms with Gasteiger partial charge in [-0.25, -0.2) is 14.2 Å². The van der Waals surface area contributed by atoms with Crippen LogP contribution in [0, 0.1) is 5.82 Å². The summed E-state index contributed by atoms with van der Waals surface area (Å²) in [6, 6.07) is 5.27. The Morgan fingerprint density at radius 1 is 1.43 bits per heavy atom. The molecule has 0 unspecified atom stereocenters. The molecule has 2 aliphatic rings. The average Bonchev–Trinajstić information content (AvgIpc) is 3.20. The molecule has 144 valence electrons. The third-order valence-electron chi connectivity index (χ3n) is 4.92. The summed E-state index contributed by atoms with van der Waals surface area (Å²) < 4.78 is 18.4. The van der Waals surface area contributed by atoms with Crippen molar-refractivity contribution in [1.82, 2.24) is 9.88 Å². The number of hydrogen-bond donors (Lipinski definition) is 1. The maximum Gasteiger partial charge on any atom is 0.355 e. The molecule has 28 heavy (non-hydrogen) atoms. The molecule has 4 rings (SSSR count). The normalized spacial score (nSPS) is 21.2. The van der Waals surface area contributed by atoms with Crippen molar-refractivity contribution in [2.75, 3.05) is 6.61 Å². The predicted molar refractivity (Wildman–Crippen MR) is 103 cm³/mol. The van der Waals surface area contributed by atoms with Crippen molar-refractivity contribution in [1.29, 1.82) is 0 Å². The molecule has 1 aromatic heterocycles. The summed E-state index contributed by atoms with van der Waals surface area (Å²) in [5.74, 6) is -1.20. The first-order valence-corrected chi connectivity index (χ1v) is 9.71. The molecule has 2 atom stereocenters. The number of thiazole rings is 1. The largest absolute Gasteiger partial charge is 0.457 e. The van der Waals surface area contributed by atoms with Crippen LogP contribution in [0.4, 0.5) is 4.39 Å². The first kappa shape index (κ1) is 18.5. The molecule has 1 amide bonds. The Hall–Kier alpha value is -2.84. The number of nitrogens with two attached hydrogens (primary N) is 1. The Morgan fingerprint density at radius 2 is 2.18 bits per heavy atom. The van der Waals surface area contributed by atoms with Gasteiger partial charge in [0.05, 0.1) is 11.7 Å². The maximum atomic E-state index is 13.2. The fourth-order valence-corrected chi connectivity index (χ4v) is 4.36. The molecule has 2 N–H and O–H groups in total. The first-order valence-electron chi connectivity index (χ1n) is 8.83. The Bertz CT molecular complexity index is 983. The van der Waals surface area contributed by atoms with E-state index in [1.54, 1.807) is 12.1 Å². The van der Waals surface area contributed by atoms with Crippen LogP contribution in [0.1, 0.15) is 18.5 Å². The summed E-state index contributed by atoms with van der Waals surface area (Å²) in [5.41, 5.74) is 8.16. The third kappa shape index (κ3) is 3.04. The smallest absolute Gasteiger partial charge is 0.355 e. The summed E-state index contributed by atoms with van der Waals surface area (Å²) >= 11 is 1.39. The number of amides is 1. The SMILES string of the molecule is C=CCOC(=O)C1=C(c2csc(-c3ccc(F)cc3)n2)CC[C@@H]2[C@H](N)C(=O)N12. The minimum absolute atomic E-state index is 0.0479. The minimum Gasteiger partial charge on any atom is -0.457 e. The Kier molecular flexibility index (Phi) is 4.82. The number of carbonyl (C=O) groups is 2. The fraction of sp³-hybridized carbons (Fsp3) is 0.250. The van der Waals surface area contributed by atoms with Gasteiger partial charge in [-0.2, -0.15) is 0 Å². The fourth-order valence-electron chi connectivity index (χ4n) is 3.52. The summed E-state index contributed by atoms with van der Waals surface area (Å²) in [4.78, 5) is 31.0. The molecule has 0 saturated carbocycles. The van der Waals surface area contributed by atoms with Crippen molar-refractivity contribution in [3.05, 3.63) is 59.5 Å². The van der Waals surface area contributed by atoms with Gasteiger partial charge in [-0.15, -0.1) is 11.3 Å². The third-order valence-corrected chi connectivity index (χ3v) is 5.81. The van der Waals surface area contributed by atoms with E-state index in [4.69, 9.17) is 10.5 Å². The highest BCUT2D eigenvalue weighted by Crippen LogP contribution is 2.41. The van der Waals surface area contributed by atoms with Crippen molar-refractivity contribution in [2.24, 2.45) is 5.73 Å². The number of benzene rings is 1. The predicted octanol–water partition coefficient (Wildman–Crippen LogP) is 2.72. The van der Waals surface area contributed by atoms with Crippen LogP contribution in [0.3, 0.4) is 0 Å². The van der Waals surface area contributed by atoms with Gasteiger partial charge in [0.1, 0.15) is 29.2 Å². The zero-order valence-corrected chi connectivity index (χ0v) is 15.7. The van der Waals surface area contributed by atoms with E-state index in [0.717, 1.165) is 5.56 Å². The highest BCUT2D eigenvalue weighted by atomic mass is 32.1. The number of rotatable bonds is 5. The zero-order chi connectivity index (χ0) is 19.8. The zero-order valence-electron chi connectivity index (χ0n) is 14.9. The minimum atomic E-state index is -0.589. The molecule has 0 bridgehead atoms. The number of fused-ring (bicyclic) bond motifs is 1. The topological polar surface area (TPSA) is 85.5 Å². The average molecular weight is 399 g/mol. The number of aromatic nitrogens is 1. The van der Waals surface area contributed by atoms with E-state index in [1.165, 1.54) is 34.4 Å². The van der Waals surface area contributed by atoms with Gasteiger partial charge in [0.15, 0.2) is 0 Å².